The third-order valence-electron chi connectivity index (χ3n) is 12.3. The SMILES string of the molecule is CCOc1cc2c(cc1Nc1ncnc3sc4c(c13)CCC(C(=O)N1CCOCC1)C4)C=NC2.CCOc1cc2c(cc1Nc1ncnc3sc4c(c13)CCC(C(=O)O)C4)C=NC2. The van der Waals surface area contributed by atoms with Crippen LogP contribution in [-0.2, 0) is 53.1 Å². The van der Waals surface area contributed by atoms with Gasteiger partial charge in [0.25, 0.3) is 0 Å². The van der Waals surface area contributed by atoms with Gasteiger partial charge in [-0.15, -0.1) is 22.7 Å². The van der Waals surface area contributed by atoms with Gasteiger partial charge in [0, 0.05) is 41.2 Å². The number of nitrogens with one attached hydrogen (secondary N) is 2. The van der Waals surface area contributed by atoms with E-state index in [2.05, 4.69) is 52.7 Å². The monoisotopic (exact) mass is 885 g/mol. The zero-order valence-electron chi connectivity index (χ0n) is 35.1. The summed E-state index contributed by atoms with van der Waals surface area (Å²) in [6.07, 6.45) is 11.3. The summed E-state index contributed by atoms with van der Waals surface area (Å²) in [7, 11) is 0. The fourth-order valence-electron chi connectivity index (χ4n) is 9.15. The minimum absolute atomic E-state index is 0.0311. The third-order valence-corrected chi connectivity index (χ3v) is 14.6. The molecule has 2 aromatic carbocycles. The summed E-state index contributed by atoms with van der Waals surface area (Å²) >= 11 is 3.26. The number of anilines is 4. The standard InChI is InChI=1S/C25H27N5O3S.C21H20N4O3S/c1-2-33-20-10-17-13-26-12-16(17)9-19(20)29-23-22-18-4-3-15(25(31)30-5-7-32-8-6-30)11-21(18)34-24(22)28-14-27-23;1-2-28-16-6-13-9-22-8-12(13)5-15(16)25-19-18-14-4-3-11(21(26)27)7-17(14)29-20(18)24-10-23-19/h9-10,12,14-15H,2-8,11,13H2,1H3,(H,27,28,29);5-6,8,10-11H,2-4,7,9H2,1H3,(H,26,27)(H,23,24,25). The second kappa shape index (κ2) is 17.6. The normalized spacial score (nSPS) is 18.3. The Kier molecular flexibility index (Phi) is 11.5. The van der Waals surface area contributed by atoms with Crippen molar-refractivity contribution in [2.75, 3.05) is 50.2 Å². The molecule has 7 heterocycles. The van der Waals surface area contributed by atoms with Gasteiger partial charge in [0.1, 0.15) is 45.5 Å². The van der Waals surface area contributed by atoms with Crippen LogP contribution in [0, 0.1) is 11.8 Å². The number of nitrogens with zero attached hydrogens (tertiary/aromatic N) is 7. The number of morpholine rings is 1. The van der Waals surface area contributed by atoms with Crippen LogP contribution in [0.25, 0.3) is 20.4 Å². The Balaban J connectivity index is 0.000000152. The van der Waals surface area contributed by atoms with Crippen molar-refractivity contribution >= 4 is 90.4 Å². The fourth-order valence-corrected chi connectivity index (χ4v) is 11.7. The number of carboxylic acid groups (broad SMARTS) is 1. The topological polar surface area (TPSA) is 186 Å². The minimum atomic E-state index is -0.723. The van der Waals surface area contributed by atoms with Gasteiger partial charge < -0.3 is 34.9 Å². The molecule has 17 heteroatoms. The van der Waals surface area contributed by atoms with E-state index in [-0.39, 0.29) is 17.7 Å². The summed E-state index contributed by atoms with van der Waals surface area (Å²) < 4.78 is 17.2. The predicted molar refractivity (Wildman–Crippen MR) is 245 cm³/mol. The molecule has 0 saturated carbocycles. The number of rotatable bonds is 10. The van der Waals surface area contributed by atoms with Crippen molar-refractivity contribution in [2.24, 2.45) is 21.8 Å². The van der Waals surface area contributed by atoms with Crippen molar-refractivity contribution in [1.82, 2.24) is 24.8 Å². The Morgan fingerprint density at radius 1 is 0.746 bits per heavy atom. The maximum absolute atomic E-state index is 13.1. The summed E-state index contributed by atoms with van der Waals surface area (Å²) in [6.45, 7) is 9.13. The van der Waals surface area contributed by atoms with E-state index >= 15 is 0 Å². The number of ether oxygens (including phenoxy) is 3. The smallest absolute Gasteiger partial charge is 0.306 e. The van der Waals surface area contributed by atoms with Gasteiger partial charge in [-0.25, -0.2) is 19.9 Å². The molecule has 2 aliphatic carbocycles. The number of aryl methyl sites for hydroxylation is 2. The van der Waals surface area contributed by atoms with E-state index < -0.39 is 5.97 Å². The highest BCUT2D eigenvalue weighted by Gasteiger charge is 2.33. The Bertz CT molecular complexity index is 2810. The molecular weight excluding hydrogens is 839 g/mol. The Morgan fingerprint density at radius 2 is 1.25 bits per heavy atom. The largest absolute Gasteiger partial charge is 0.492 e. The number of thiophene rings is 2. The average Bonchev–Trinajstić information content (AvgIpc) is 4.11. The lowest BCUT2D eigenvalue weighted by atomic mass is 9.86. The van der Waals surface area contributed by atoms with Crippen LogP contribution in [0.15, 0.2) is 46.9 Å². The van der Waals surface area contributed by atoms with Crippen LogP contribution in [0.1, 0.15) is 69.8 Å². The molecule has 1 fully saturated rings. The first-order chi connectivity index (χ1) is 30.8. The van der Waals surface area contributed by atoms with Gasteiger partial charge in [-0.3, -0.25) is 19.6 Å². The van der Waals surface area contributed by atoms with Gasteiger partial charge in [0.05, 0.1) is 67.6 Å². The Morgan fingerprint density at radius 3 is 1.76 bits per heavy atom. The van der Waals surface area contributed by atoms with Crippen molar-refractivity contribution in [3.05, 3.63) is 80.1 Å². The molecule has 1 amide bonds. The van der Waals surface area contributed by atoms with Gasteiger partial charge in [0.2, 0.25) is 5.91 Å². The molecule has 0 spiro atoms. The molecule has 2 unspecified atom stereocenters. The second-order valence-corrected chi connectivity index (χ2v) is 18.3. The van der Waals surface area contributed by atoms with Crippen LogP contribution >= 0.6 is 22.7 Å². The Hall–Kier alpha value is -6.04. The highest BCUT2D eigenvalue weighted by molar-refractivity contribution is 7.19. The van der Waals surface area contributed by atoms with E-state index in [4.69, 9.17) is 14.2 Å². The molecule has 4 aromatic heterocycles. The van der Waals surface area contributed by atoms with Gasteiger partial charge >= 0.3 is 5.97 Å². The number of hydrogen-bond donors (Lipinski definition) is 3. The number of carbonyl (C=O) groups excluding carboxylic acids is 1. The number of hydrogen-bond acceptors (Lipinski definition) is 15. The number of aliphatic imine (C=N–C) groups is 2. The first-order valence-corrected chi connectivity index (χ1v) is 23.2. The molecule has 2 atom stereocenters. The number of carbonyl (C=O) groups is 2. The first-order valence-electron chi connectivity index (χ1n) is 21.6. The molecule has 3 N–H and O–H groups in total. The highest BCUT2D eigenvalue weighted by Crippen LogP contribution is 2.44. The van der Waals surface area contributed by atoms with Crippen molar-refractivity contribution in [3.8, 4) is 11.5 Å². The first kappa shape index (κ1) is 41.0. The van der Waals surface area contributed by atoms with Gasteiger partial charge in [-0.05, 0) is 110 Å². The molecule has 0 radical (unpaired) electrons. The summed E-state index contributed by atoms with van der Waals surface area (Å²) in [5.74, 6) is 2.35. The van der Waals surface area contributed by atoms with E-state index in [9.17, 15) is 14.7 Å². The molecule has 15 nitrogen and oxygen atoms in total. The van der Waals surface area contributed by atoms with E-state index in [0.29, 0.717) is 65.4 Å². The second-order valence-electron chi connectivity index (χ2n) is 16.1. The lowest BCUT2D eigenvalue weighted by molar-refractivity contribution is -0.142. The molecule has 1 saturated heterocycles. The molecule has 5 aliphatic rings. The predicted octanol–water partition coefficient (Wildman–Crippen LogP) is 7.69. The average molecular weight is 886 g/mol. The highest BCUT2D eigenvalue weighted by atomic mass is 32.1. The number of aliphatic carboxylic acids is 1. The minimum Gasteiger partial charge on any atom is -0.492 e. The quantitative estimate of drug-likeness (QED) is 0.122. The van der Waals surface area contributed by atoms with Crippen LogP contribution in [-0.4, -0.2) is 93.8 Å². The fraction of sp³-hybridized carbons (Fsp3) is 0.391. The van der Waals surface area contributed by atoms with Gasteiger partial charge in [-0.1, -0.05) is 0 Å². The molecule has 324 valence electrons. The van der Waals surface area contributed by atoms with E-state index in [0.717, 1.165) is 102 Å². The van der Waals surface area contributed by atoms with Crippen molar-refractivity contribution < 1.29 is 28.9 Å². The number of fused-ring (bicyclic) bond motifs is 8. The zero-order chi connectivity index (χ0) is 43.0. The lowest BCUT2D eigenvalue weighted by Gasteiger charge is -2.31. The van der Waals surface area contributed by atoms with E-state index in [1.54, 1.807) is 35.3 Å². The number of aromatic nitrogens is 4. The molecule has 6 aromatic rings. The maximum Gasteiger partial charge on any atom is 0.306 e. The van der Waals surface area contributed by atoms with E-state index in [1.807, 2.05) is 43.3 Å². The molecular formula is C46H47N9O6S2. The maximum atomic E-state index is 13.1. The van der Waals surface area contributed by atoms with Crippen LogP contribution in [0.3, 0.4) is 0 Å². The Labute approximate surface area is 371 Å². The van der Waals surface area contributed by atoms with Gasteiger partial charge in [-0.2, -0.15) is 0 Å². The summed E-state index contributed by atoms with van der Waals surface area (Å²) in [5.41, 5.74) is 8.68. The van der Waals surface area contributed by atoms with Crippen molar-refractivity contribution in [2.45, 2.75) is 65.5 Å². The van der Waals surface area contributed by atoms with Crippen LogP contribution < -0.4 is 20.1 Å². The molecule has 11 rings (SSSR count). The van der Waals surface area contributed by atoms with Crippen LogP contribution in [0.5, 0.6) is 11.5 Å². The van der Waals surface area contributed by atoms with Crippen LogP contribution in [0.4, 0.5) is 23.0 Å². The molecule has 3 aliphatic heterocycles. The lowest BCUT2D eigenvalue weighted by Crippen LogP contribution is -2.44. The number of carboxylic acids is 1. The van der Waals surface area contributed by atoms with Crippen molar-refractivity contribution in [1.29, 1.82) is 0 Å². The van der Waals surface area contributed by atoms with E-state index in [1.165, 1.54) is 21.6 Å². The number of amides is 1. The summed E-state index contributed by atoms with van der Waals surface area (Å²) in [4.78, 5) is 57.5. The number of benzene rings is 2. The summed E-state index contributed by atoms with van der Waals surface area (Å²) in [6, 6.07) is 8.23. The van der Waals surface area contributed by atoms with Crippen molar-refractivity contribution in [3.63, 3.8) is 0 Å². The molecule has 63 heavy (non-hydrogen) atoms. The van der Waals surface area contributed by atoms with Gasteiger partial charge in [0.15, 0.2) is 0 Å². The summed E-state index contributed by atoms with van der Waals surface area (Å²) in [5, 5.41) is 18.4. The third kappa shape index (κ3) is 8.09. The zero-order valence-corrected chi connectivity index (χ0v) is 36.7. The van der Waals surface area contributed by atoms with Crippen LogP contribution in [0.2, 0.25) is 0 Å². The molecule has 0 bridgehead atoms.